The second-order valence-corrected chi connectivity index (χ2v) is 9.42. The number of amides is 3. The summed E-state index contributed by atoms with van der Waals surface area (Å²) in [6, 6.07) is 3.94. The Hall–Kier alpha value is -1.89. The number of thiophene rings is 1. The Labute approximate surface area is 165 Å². The van der Waals surface area contributed by atoms with Crippen molar-refractivity contribution in [1.29, 1.82) is 0 Å². The van der Waals surface area contributed by atoms with Gasteiger partial charge in [0.25, 0.3) is 0 Å². The highest BCUT2D eigenvalue weighted by Crippen LogP contribution is 2.27. The molecule has 27 heavy (non-hydrogen) atoms. The van der Waals surface area contributed by atoms with E-state index in [1.165, 1.54) is 0 Å². The van der Waals surface area contributed by atoms with Gasteiger partial charge in [0, 0.05) is 49.6 Å². The van der Waals surface area contributed by atoms with Gasteiger partial charge < -0.3 is 14.7 Å². The monoisotopic (exact) mass is 391 g/mol. The lowest BCUT2D eigenvalue weighted by molar-refractivity contribution is -0.136. The fraction of sp³-hybridized carbons (Fsp3) is 0.650. The minimum Gasteiger partial charge on any atom is -0.341 e. The summed E-state index contributed by atoms with van der Waals surface area (Å²) < 4.78 is 0. The maximum atomic E-state index is 12.9. The predicted molar refractivity (Wildman–Crippen MR) is 105 cm³/mol. The minimum absolute atomic E-state index is 0.0580. The molecule has 1 atom stereocenters. The molecule has 0 aromatic carbocycles. The van der Waals surface area contributed by atoms with Crippen LogP contribution in [0.3, 0.4) is 0 Å². The summed E-state index contributed by atoms with van der Waals surface area (Å²) in [5.74, 6) is -0.0159. The fourth-order valence-corrected chi connectivity index (χ4v) is 4.54. The average Bonchev–Trinajstić information content (AvgIpc) is 3.17. The Morgan fingerprint density at radius 3 is 2.48 bits per heavy atom. The summed E-state index contributed by atoms with van der Waals surface area (Å²) in [6.07, 6.45) is 1.52. The molecule has 6 nitrogen and oxygen atoms in total. The Bertz CT molecular complexity index is 696. The van der Waals surface area contributed by atoms with Gasteiger partial charge in [0.1, 0.15) is 0 Å². The van der Waals surface area contributed by atoms with Crippen molar-refractivity contribution in [3.8, 4) is 0 Å². The molecule has 1 aromatic heterocycles. The molecular formula is C20H29N3O3S. The topological polar surface area (TPSA) is 60.9 Å². The fourth-order valence-electron chi connectivity index (χ4n) is 3.84. The van der Waals surface area contributed by atoms with Crippen LogP contribution in [0.2, 0.25) is 0 Å². The van der Waals surface area contributed by atoms with Gasteiger partial charge in [-0.25, -0.2) is 0 Å². The van der Waals surface area contributed by atoms with Crippen LogP contribution in [0, 0.1) is 5.92 Å². The van der Waals surface area contributed by atoms with Gasteiger partial charge in [-0.05, 0) is 38.6 Å². The first kappa shape index (κ1) is 19.9. The van der Waals surface area contributed by atoms with Gasteiger partial charge in [-0.15, -0.1) is 11.3 Å². The molecule has 1 aromatic rings. The van der Waals surface area contributed by atoms with Crippen molar-refractivity contribution < 1.29 is 14.4 Å². The molecule has 148 valence electrons. The molecule has 0 N–H and O–H groups in total. The van der Waals surface area contributed by atoms with Crippen molar-refractivity contribution >= 4 is 29.1 Å². The molecule has 3 rings (SSSR count). The normalized spacial score (nSPS) is 21.5. The van der Waals surface area contributed by atoms with E-state index in [9.17, 15) is 14.4 Å². The number of hydrogen-bond acceptors (Lipinski definition) is 4. The Kier molecular flexibility index (Phi) is 5.89. The summed E-state index contributed by atoms with van der Waals surface area (Å²) in [4.78, 5) is 44.4. The molecule has 3 amide bonds. The predicted octanol–water partition coefficient (Wildman–Crippen LogP) is 2.00. The van der Waals surface area contributed by atoms with Crippen LogP contribution in [0.1, 0.15) is 38.5 Å². The molecular weight excluding hydrogens is 362 g/mol. The molecule has 0 aliphatic carbocycles. The van der Waals surface area contributed by atoms with E-state index in [0.29, 0.717) is 45.6 Å². The van der Waals surface area contributed by atoms with Gasteiger partial charge in [0.05, 0.1) is 12.3 Å². The summed E-state index contributed by atoms with van der Waals surface area (Å²) in [5.41, 5.74) is -0.254. The van der Waals surface area contributed by atoms with E-state index in [1.54, 1.807) is 11.3 Å². The van der Waals surface area contributed by atoms with Crippen LogP contribution < -0.4 is 0 Å². The molecule has 2 aliphatic rings. The molecule has 2 aliphatic heterocycles. The van der Waals surface area contributed by atoms with Crippen LogP contribution in [0.4, 0.5) is 0 Å². The lowest BCUT2D eigenvalue weighted by atomic mass is 10.1. The van der Waals surface area contributed by atoms with E-state index < -0.39 is 0 Å². The summed E-state index contributed by atoms with van der Waals surface area (Å²) in [5, 5.41) is 1.98. The highest BCUT2D eigenvalue weighted by Gasteiger charge is 2.41. The number of hydrogen-bond donors (Lipinski definition) is 0. The average molecular weight is 392 g/mol. The van der Waals surface area contributed by atoms with Crippen molar-refractivity contribution in [3.05, 3.63) is 22.4 Å². The maximum absolute atomic E-state index is 12.9. The largest absolute Gasteiger partial charge is 0.341 e. The van der Waals surface area contributed by atoms with Gasteiger partial charge in [-0.2, -0.15) is 0 Å². The van der Waals surface area contributed by atoms with E-state index in [1.807, 2.05) is 53.0 Å². The van der Waals surface area contributed by atoms with Crippen LogP contribution in [-0.4, -0.2) is 70.7 Å². The van der Waals surface area contributed by atoms with E-state index in [-0.39, 0.29) is 29.2 Å². The molecule has 0 saturated carbocycles. The Morgan fingerprint density at radius 2 is 1.85 bits per heavy atom. The Balaban J connectivity index is 1.55. The van der Waals surface area contributed by atoms with Crippen LogP contribution in [0.15, 0.2) is 17.5 Å². The van der Waals surface area contributed by atoms with Crippen LogP contribution in [-0.2, 0) is 20.8 Å². The first-order valence-corrected chi connectivity index (χ1v) is 10.5. The lowest BCUT2D eigenvalue weighted by Gasteiger charge is -2.32. The summed E-state index contributed by atoms with van der Waals surface area (Å²) in [6.45, 7) is 8.96. The van der Waals surface area contributed by atoms with Gasteiger partial charge in [-0.3, -0.25) is 14.4 Å². The molecule has 0 spiro atoms. The number of likely N-dealkylation sites (tertiary alicyclic amines) is 1. The second-order valence-electron chi connectivity index (χ2n) is 8.39. The summed E-state index contributed by atoms with van der Waals surface area (Å²) in [7, 11) is 0. The molecule has 7 heteroatoms. The SMILES string of the molecule is CC(C)(C)N1CC(C(=O)N2CCCN(C(=O)Cc3cccs3)CC2)CC1=O. The van der Waals surface area contributed by atoms with Crippen LogP contribution in [0.5, 0.6) is 0 Å². The third-order valence-corrected chi connectivity index (χ3v) is 6.23. The molecule has 2 saturated heterocycles. The minimum atomic E-state index is -0.259. The lowest BCUT2D eigenvalue weighted by Crippen LogP contribution is -2.44. The number of rotatable bonds is 3. The number of carbonyl (C=O) groups excluding carboxylic acids is 3. The van der Waals surface area contributed by atoms with Crippen LogP contribution >= 0.6 is 11.3 Å². The van der Waals surface area contributed by atoms with E-state index in [2.05, 4.69) is 0 Å². The highest BCUT2D eigenvalue weighted by atomic mass is 32.1. The molecule has 0 bridgehead atoms. The third-order valence-electron chi connectivity index (χ3n) is 5.35. The van der Waals surface area contributed by atoms with E-state index in [0.717, 1.165) is 11.3 Å². The molecule has 0 radical (unpaired) electrons. The van der Waals surface area contributed by atoms with Gasteiger partial charge in [0.2, 0.25) is 17.7 Å². The maximum Gasteiger partial charge on any atom is 0.228 e. The highest BCUT2D eigenvalue weighted by molar-refractivity contribution is 7.10. The zero-order chi connectivity index (χ0) is 19.6. The van der Waals surface area contributed by atoms with Crippen molar-refractivity contribution in [2.75, 3.05) is 32.7 Å². The van der Waals surface area contributed by atoms with Crippen molar-refractivity contribution in [1.82, 2.24) is 14.7 Å². The molecule has 1 unspecified atom stereocenters. The van der Waals surface area contributed by atoms with Crippen molar-refractivity contribution in [2.45, 2.75) is 45.6 Å². The van der Waals surface area contributed by atoms with Gasteiger partial charge >= 0.3 is 0 Å². The van der Waals surface area contributed by atoms with Crippen molar-refractivity contribution in [3.63, 3.8) is 0 Å². The quantitative estimate of drug-likeness (QED) is 0.792. The standard InChI is InChI=1S/C20H29N3O3S/c1-20(2,3)23-14-15(12-18(23)25)19(26)22-8-5-7-21(9-10-22)17(24)13-16-6-4-11-27-16/h4,6,11,15H,5,7-10,12-14H2,1-3H3. The van der Waals surface area contributed by atoms with Gasteiger partial charge in [0.15, 0.2) is 0 Å². The Morgan fingerprint density at radius 1 is 1.15 bits per heavy atom. The van der Waals surface area contributed by atoms with E-state index >= 15 is 0 Å². The van der Waals surface area contributed by atoms with Gasteiger partial charge in [-0.1, -0.05) is 6.07 Å². The first-order valence-electron chi connectivity index (χ1n) is 9.65. The smallest absolute Gasteiger partial charge is 0.228 e. The number of nitrogens with zero attached hydrogens (tertiary/aromatic N) is 3. The third kappa shape index (κ3) is 4.69. The number of carbonyl (C=O) groups is 3. The zero-order valence-corrected chi connectivity index (χ0v) is 17.3. The zero-order valence-electron chi connectivity index (χ0n) is 16.4. The first-order chi connectivity index (χ1) is 12.8. The van der Waals surface area contributed by atoms with Crippen LogP contribution in [0.25, 0.3) is 0 Å². The summed E-state index contributed by atoms with van der Waals surface area (Å²) >= 11 is 1.60. The van der Waals surface area contributed by atoms with Crippen molar-refractivity contribution in [2.24, 2.45) is 5.92 Å². The van der Waals surface area contributed by atoms with E-state index in [4.69, 9.17) is 0 Å². The second kappa shape index (κ2) is 8.00. The molecule has 3 heterocycles. The molecule has 2 fully saturated rings.